The summed E-state index contributed by atoms with van der Waals surface area (Å²) in [7, 11) is 4.02. The van der Waals surface area contributed by atoms with Crippen LogP contribution in [-0.4, -0.2) is 42.3 Å². The van der Waals surface area contributed by atoms with Gasteiger partial charge in [0.05, 0.1) is 0 Å². The molecule has 0 spiro atoms. The lowest BCUT2D eigenvalue weighted by Crippen LogP contribution is -2.34. The summed E-state index contributed by atoms with van der Waals surface area (Å²) in [5.41, 5.74) is 0.861. The molecule has 1 rings (SSSR count). The van der Waals surface area contributed by atoms with Crippen molar-refractivity contribution < 1.29 is 5.11 Å². The third-order valence-corrected chi connectivity index (χ3v) is 2.22. The fourth-order valence-electron chi connectivity index (χ4n) is 1.11. The van der Waals surface area contributed by atoms with E-state index < -0.39 is 0 Å². The molecule has 0 radical (unpaired) electrons. The predicted molar refractivity (Wildman–Crippen MR) is 70.9 cm³/mol. The zero-order chi connectivity index (χ0) is 12.0. The number of likely N-dealkylation sites (N-methyl/N-ethyl adjacent to an activating group) is 1. The molecular formula is C11H17N3OS. The number of nitrogens with one attached hydrogen (secondary N) is 2. The minimum absolute atomic E-state index is 0.247. The van der Waals surface area contributed by atoms with Gasteiger partial charge in [-0.3, -0.25) is 0 Å². The number of rotatable bonds is 4. The molecule has 1 aromatic carbocycles. The van der Waals surface area contributed by atoms with E-state index in [1.54, 1.807) is 24.3 Å². The Morgan fingerprint density at radius 1 is 1.31 bits per heavy atom. The van der Waals surface area contributed by atoms with Gasteiger partial charge in [0.2, 0.25) is 0 Å². The smallest absolute Gasteiger partial charge is 0.170 e. The zero-order valence-corrected chi connectivity index (χ0v) is 10.3. The summed E-state index contributed by atoms with van der Waals surface area (Å²) in [6, 6.07) is 6.78. The van der Waals surface area contributed by atoms with Crippen molar-refractivity contribution in [1.29, 1.82) is 0 Å². The van der Waals surface area contributed by atoms with E-state index in [0.717, 1.165) is 18.8 Å². The molecule has 0 saturated heterocycles. The highest BCUT2D eigenvalue weighted by Gasteiger charge is 1.97. The molecule has 5 heteroatoms. The number of benzene rings is 1. The molecule has 4 nitrogen and oxygen atoms in total. The number of aromatic hydroxyl groups is 1. The van der Waals surface area contributed by atoms with Gasteiger partial charge in [-0.1, -0.05) is 0 Å². The topological polar surface area (TPSA) is 47.5 Å². The van der Waals surface area contributed by atoms with E-state index in [9.17, 15) is 0 Å². The van der Waals surface area contributed by atoms with E-state index in [0.29, 0.717) is 5.11 Å². The minimum Gasteiger partial charge on any atom is -0.508 e. The van der Waals surface area contributed by atoms with E-state index in [-0.39, 0.29) is 5.75 Å². The van der Waals surface area contributed by atoms with Crippen LogP contribution in [0, 0.1) is 0 Å². The standard InChI is InChI=1S/C11H17N3OS/c1-14(2)8-7-12-11(16)13-9-3-5-10(15)6-4-9/h3-6,15H,7-8H2,1-2H3,(H2,12,13,16). The van der Waals surface area contributed by atoms with Crippen LogP contribution in [0.25, 0.3) is 0 Å². The van der Waals surface area contributed by atoms with Crippen molar-refractivity contribution in [1.82, 2.24) is 10.2 Å². The SMILES string of the molecule is CN(C)CCNC(=S)Nc1ccc(O)cc1. The molecule has 0 atom stereocenters. The van der Waals surface area contributed by atoms with Gasteiger partial charge in [-0.25, -0.2) is 0 Å². The van der Waals surface area contributed by atoms with Crippen molar-refractivity contribution in [2.75, 3.05) is 32.5 Å². The van der Waals surface area contributed by atoms with Crippen molar-refractivity contribution in [3.8, 4) is 5.75 Å². The summed E-state index contributed by atoms with van der Waals surface area (Å²) in [5, 5.41) is 15.8. The first-order chi connectivity index (χ1) is 7.58. The van der Waals surface area contributed by atoms with Gasteiger partial charge < -0.3 is 20.6 Å². The maximum absolute atomic E-state index is 9.11. The van der Waals surface area contributed by atoms with Crippen molar-refractivity contribution in [3.63, 3.8) is 0 Å². The second-order valence-electron chi connectivity index (χ2n) is 3.73. The van der Waals surface area contributed by atoms with Crippen LogP contribution in [0.3, 0.4) is 0 Å². The maximum atomic E-state index is 9.11. The van der Waals surface area contributed by atoms with Crippen molar-refractivity contribution in [3.05, 3.63) is 24.3 Å². The molecule has 0 bridgehead atoms. The van der Waals surface area contributed by atoms with E-state index in [1.165, 1.54) is 0 Å². The van der Waals surface area contributed by atoms with Crippen LogP contribution in [0.2, 0.25) is 0 Å². The lowest BCUT2D eigenvalue weighted by Gasteiger charge is -2.13. The Hall–Kier alpha value is -1.33. The van der Waals surface area contributed by atoms with E-state index in [1.807, 2.05) is 14.1 Å². The molecule has 88 valence electrons. The summed E-state index contributed by atoms with van der Waals surface area (Å²) < 4.78 is 0. The second kappa shape index (κ2) is 6.30. The van der Waals surface area contributed by atoms with Crippen LogP contribution < -0.4 is 10.6 Å². The molecule has 0 aromatic heterocycles. The molecule has 0 heterocycles. The molecule has 0 saturated carbocycles. The number of phenolic OH excluding ortho intramolecular Hbond substituents is 1. The van der Waals surface area contributed by atoms with Gasteiger partial charge in [-0.2, -0.15) is 0 Å². The Kier molecular flexibility index (Phi) is 5.01. The van der Waals surface area contributed by atoms with Crippen LogP contribution in [0.15, 0.2) is 24.3 Å². The average molecular weight is 239 g/mol. The Balaban J connectivity index is 2.31. The normalized spacial score (nSPS) is 10.2. The number of thiocarbonyl (C=S) groups is 1. The Morgan fingerprint density at radius 2 is 1.94 bits per heavy atom. The third kappa shape index (κ3) is 4.95. The summed E-state index contributed by atoms with van der Waals surface area (Å²) in [6.07, 6.45) is 0. The molecule has 0 aliphatic carbocycles. The molecule has 0 aliphatic rings. The first-order valence-corrected chi connectivity index (χ1v) is 5.47. The first-order valence-electron chi connectivity index (χ1n) is 5.06. The third-order valence-electron chi connectivity index (χ3n) is 1.97. The van der Waals surface area contributed by atoms with Crippen molar-refractivity contribution >= 4 is 23.0 Å². The van der Waals surface area contributed by atoms with Gasteiger partial charge in [0.15, 0.2) is 5.11 Å². The highest BCUT2D eigenvalue weighted by Crippen LogP contribution is 2.13. The van der Waals surface area contributed by atoms with E-state index in [2.05, 4.69) is 15.5 Å². The Morgan fingerprint density at radius 3 is 2.50 bits per heavy atom. The van der Waals surface area contributed by atoms with Crippen LogP contribution in [0.1, 0.15) is 0 Å². The van der Waals surface area contributed by atoms with Gasteiger partial charge in [0, 0.05) is 18.8 Å². The van der Waals surface area contributed by atoms with E-state index >= 15 is 0 Å². The summed E-state index contributed by atoms with van der Waals surface area (Å²) in [5.74, 6) is 0.247. The molecule has 3 N–H and O–H groups in total. The number of hydrogen-bond acceptors (Lipinski definition) is 3. The predicted octanol–water partition coefficient (Wildman–Crippen LogP) is 1.24. The number of anilines is 1. The summed E-state index contributed by atoms with van der Waals surface area (Å²) in [6.45, 7) is 1.73. The first kappa shape index (κ1) is 12.7. The van der Waals surface area contributed by atoms with Crippen LogP contribution >= 0.6 is 12.2 Å². The van der Waals surface area contributed by atoms with Crippen molar-refractivity contribution in [2.24, 2.45) is 0 Å². The molecule has 0 aliphatic heterocycles. The quantitative estimate of drug-likeness (QED) is 0.545. The maximum Gasteiger partial charge on any atom is 0.170 e. The average Bonchev–Trinajstić information content (AvgIpc) is 2.21. The molecule has 0 amide bonds. The monoisotopic (exact) mass is 239 g/mol. The highest BCUT2D eigenvalue weighted by molar-refractivity contribution is 7.80. The van der Waals surface area contributed by atoms with Crippen molar-refractivity contribution in [2.45, 2.75) is 0 Å². The summed E-state index contributed by atoms with van der Waals surface area (Å²) in [4.78, 5) is 2.08. The van der Waals surface area contributed by atoms with Gasteiger partial charge in [-0.05, 0) is 50.6 Å². The fraction of sp³-hybridized carbons (Fsp3) is 0.364. The molecular weight excluding hydrogens is 222 g/mol. The molecule has 0 unspecified atom stereocenters. The molecule has 1 aromatic rings. The van der Waals surface area contributed by atoms with Crippen LogP contribution in [-0.2, 0) is 0 Å². The van der Waals surface area contributed by atoms with Gasteiger partial charge >= 0.3 is 0 Å². The lowest BCUT2D eigenvalue weighted by molar-refractivity contribution is 0.413. The van der Waals surface area contributed by atoms with E-state index in [4.69, 9.17) is 17.3 Å². The van der Waals surface area contributed by atoms with Gasteiger partial charge in [-0.15, -0.1) is 0 Å². The highest BCUT2D eigenvalue weighted by atomic mass is 32.1. The number of hydrogen-bond donors (Lipinski definition) is 3. The van der Waals surface area contributed by atoms with Crippen LogP contribution in [0.4, 0.5) is 5.69 Å². The molecule has 16 heavy (non-hydrogen) atoms. The van der Waals surface area contributed by atoms with Gasteiger partial charge in [0.1, 0.15) is 5.75 Å². The Labute approximate surface area is 101 Å². The fourth-order valence-corrected chi connectivity index (χ4v) is 1.33. The Bertz CT molecular complexity index is 338. The minimum atomic E-state index is 0.247. The number of phenols is 1. The lowest BCUT2D eigenvalue weighted by atomic mass is 10.3. The zero-order valence-electron chi connectivity index (χ0n) is 9.53. The summed E-state index contributed by atoms with van der Waals surface area (Å²) >= 11 is 5.12. The second-order valence-corrected chi connectivity index (χ2v) is 4.14. The molecule has 0 fully saturated rings. The van der Waals surface area contributed by atoms with Gasteiger partial charge in [0.25, 0.3) is 0 Å². The largest absolute Gasteiger partial charge is 0.508 e. The number of nitrogens with zero attached hydrogens (tertiary/aromatic N) is 1. The van der Waals surface area contributed by atoms with Crippen LogP contribution in [0.5, 0.6) is 5.75 Å².